The van der Waals surface area contributed by atoms with E-state index in [1.807, 2.05) is 36.4 Å². The molecule has 2 heteroatoms. The average Bonchev–Trinajstić information content (AvgIpc) is 2.44. The largest absolute Gasteiger partial charge is 0.321 e. The van der Waals surface area contributed by atoms with Crippen molar-refractivity contribution in [2.24, 2.45) is 0 Å². The Hall–Kier alpha value is -1.83. The van der Waals surface area contributed by atoms with Gasteiger partial charge in [0, 0.05) is 16.6 Å². The van der Waals surface area contributed by atoms with Crippen LogP contribution >= 0.6 is 0 Å². The van der Waals surface area contributed by atoms with E-state index in [9.17, 15) is 4.79 Å². The van der Waals surface area contributed by atoms with Gasteiger partial charge in [-0.2, -0.15) is 0 Å². The number of amides is 1. The van der Waals surface area contributed by atoms with E-state index in [0.717, 1.165) is 22.0 Å². The highest BCUT2D eigenvalue weighted by molar-refractivity contribution is 6.17. The lowest BCUT2D eigenvalue weighted by molar-refractivity contribution is 0.103. The smallest absolute Gasteiger partial charge is 0.255 e. The number of carbonyl (C=O) groups excluding carboxylic acids is 1. The molecule has 0 aliphatic carbocycles. The second kappa shape index (κ2) is 2.10. The summed E-state index contributed by atoms with van der Waals surface area (Å²) < 4.78 is 0. The van der Waals surface area contributed by atoms with Crippen molar-refractivity contribution in [3.63, 3.8) is 0 Å². The topological polar surface area (TPSA) is 29.1 Å². The molecule has 0 saturated heterocycles. The van der Waals surface area contributed by atoms with Crippen LogP contribution in [0.15, 0.2) is 36.4 Å². The number of benzene rings is 2. The predicted molar refractivity (Wildman–Crippen MR) is 51.9 cm³/mol. The van der Waals surface area contributed by atoms with Crippen molar-refractivity contribution in [1.29, 1.82) is 0 Å². The lowest BCUT2D eigenvalue weighted by atomic mass is 10.1. The van der Waals surface area contributed by atoms with Gasteiger partial charge < -0.3 is 5.32 Å². The first-order valence-corrected chi connectivity index (χ1v) is 4.19. The van der Waals surface area contributed by atoms with Crippen molar-refractivity contribution in [3.8, 4) is 0 Å². The van der Waals surface area contributed by atoms with E-state index in [2.05, 4.69) is 5.32 Å². The first-order chi connectivity index (χ1) is 6.34. The molecule has 2 bridgehead atoms. The van der Waals surface area contributed by atoms with E-state index < -0.39 is 0 Å². The molecular weight excluding hydrogens is 162 g/mol. The molecule has 0 fully saturated rings. The zero-order valence-corrected chi connectivity index (χ0v) is 6.87. The van der Waals surface area contributed by atoms with Gasteiger partial charge in [0.05, 0.1) is 0 Å². The summed E-state index contributed by atoms with van der Waals surface area (Å²) in [5, 5.41) is 5.05. The normalized spacial score (nSPS) is 13.4. The van der Waals surface area contributed by atoms with Gasteiger partial charge in [-0.1, -0.05) is 24.3 Å². The van der Waals surface area contributed by atoms with Crippen LogP contribution in [0.25, 0.3) is 10.8 Å². The molecule has 2 nitrogen and oxygen atoms in total. The van der Waals surface area contributed by atoms with Crippen molar-refractivity contribution in [2.45, 2.75) is 0 Å². The summed E-state index contributed by atoms with van der Waals surface area (Å²) in [7, 11) is 0. The molecule has 2 aromatic carbocycles. The van der Waals surface area contributed by atoms with Crippen LogP contribution in [0.1, 0.15) is 10.4 Å². The zero-order valence-electron chi connectivity index (χ0n) is 6.87. The van der Waals surface area contributed by atoms with E-state index in [1.165, 1.54) is 0 Å². The summed E-state index contributed by atoms with van der Waals surface area (Å²) in [5.74, 6) is 0.00574. The Labute approximate surface area is 75.2 Å². The summed E-state index contributed by atoms with van der Waals surface area (Å²) in [6, 6.07) is 11.8. The van der Waals surface area contributed by atoms with E-state index in [-0.39, 0.29) is 5.91 Å². The van der Waals surface area contributed by atoms with Gasteiger partial charge in [-0.05, 0) is 17.5 Å². The van der Waals surface area contributed by atoms with Gasteiger partial charge in [0.1, 0.15) is 0 Å². The molecule has 1 amide bonds. The molecule has 2 aromatic rings. The molecular formula is C11H7NO. The second-order valence-corrected chi connectivity index (χ2v) is 3.20. The molecule has 1 aliphatic rings. The van der Waals surface area contributed by atoms with Crippen molar-refractivity contribution in [1.82, 2.24) is 0 Å². The van der Waals surface area contributed by atoms with Gasteiger partial charge in [0.25, 0.3) is 5.91 Å². The summed E-state index contributed by atoms with van der Waals surface area (Å²) >= 11 is 0. The molecule has 0 radical (unpaired) electrons. The number of anilines is 1. The molecule has 0 atom stereocenters. The molecule has 0 aromatic heterocycles. The maximum absolute atomic E-state index is 11.3. The molecule has 0 saturated carbocycles. The number of carbonyl (C=O) groups is 1. The van der Waals surface area contributed by atoms with E-state index in [0.29, 0.717) is 0 Å². The Morgan fingerprint density at radius 2 is 1.92 bits per heavy atom. The first kappa shape index (κ1) is 6.66. The number of hydrogen-bond donors (Lipinski definition) is 1. The number of rotatable bonds is 0. The minimum atomic E-state index is 0.00574. The van der Waals surface area contributed by atoms with Crippen molar-refractivity contribution in [2.75, 3.05) is 5.32 Å². The van der Waals surface area contributed by atoms with Crippen molar-refractivity contribution < 1.29 is 4.79 Å². The third-order valence-corrected chi connectivity index (χ3v) is 2.37. The molecule has 0 unspecified atom stereocenters. The Morgan fingerprint density at radius 1 is 1.08 bits per heavy atom. The Morgan fingerprint density at radius 3 is 2.85 bits per heavy atom. The van der Waals surface area contributed by atoms with Crippen LogP contribution in [-0.4, -0.2) is 5.91 Å². The van der Waals surface area contributed by atoms with Crippen molar-refractivity contribution in [3.05, 3.63) is 42.0 Å². The Balaban J connectivity index is 2.49. The standard InChI is InChI=1S/C11H7NO/c13-11-8-5-7-3-1-2-4-9(7)10(6-8)12-11/h1-6H,(H,12,13). The van der Waals surface area contributed by atoms with Gasteiger partial charge in [0.2, 0.25) is 0 Å². The molecule has 0 spiro atoms. The zero-order chi connectivity index (χ0) is 8.84. The summed E-state index contributed by atoms with van der Waals surface area (Å²) in [6.45, 7) is 0. The highest BCUT2D eigenvalue weighted by Gasteiger charge is 2.17. The van der Waals surface area contributed by atoms with Gasteiger partial charge in [-0.15, -0.1) is 0 Å². The van der Waals surface area contributed by atoms with E-state index in [4.69, 9.17) is 0 Å². The molecule has 1 aliphatic heterocycles. The van der Waals surface area contributed by atoms with Gasteiger partial charge in [-0.3, -0.25) is 4.79 Å². The minimum absolute atomic E-state index is 0.00574. The highest BCUT2D eigenvalue weighted by atomic mass is 16.1. The average molecular weight is 169 g/mol. The monoisotopic (exact) mass is 169 g/mol. The Kier molecular flexibility index (Phi) is 1.08. The van der Waals surface area contributed by atoms with Crippen LogP contribution < -0.4 is 5.32 Å². The van der Waals surface area contributed by atoms with Gasteiger partial charge >= 0.3 is 0 Å². The van der Waals surface area contributed by atoms with Gasteiger partial charge in [-0.25, -0.2) is 0 Å². The molecule has 3 rings (SSSR count). The fourth-order valence-electron chi connectivity index (χ4n) is 1.74. The van der Waals surface area contributed by atoms with Crippen LogP contribution in [0.2, 0.25) is 0 Å². The third-order valence-electron chi connectivity index (χ3n) is 2.37. The van der Waals surface area contributed by atoms with Crippen LogP contribution in [0.3, 0.4) is 0 Å². The van der Waals surface area contributed by atoms with E-state index in [1.54, 1.807) is 0 Å². The van der Waals surface area contributed by atoms with Crippen molar-refractivity contribution >= 4 is 22.4 Å². The molecule has 1 heterocycles. The third kappa shape index (κ3) is 0.798. The van der Waals surface area contributed by atoms with Crippen LogP contribution in [0.5, 0.6) is 0 Å². The SMILES string of the molecule is O=C1Nc2cc1cc1ccccc21. The van der Waals surface area contributed by atoms with Gasteiger partial charge in [0.15, 0.2) is 0 Å². The minimum Gasteiger partial charge on any atom is -0.321 e. The summed E-state index contributed by atoms with van der Waals surface area (Å²) in [6.07, 6.45) is 0. The lowest BCUT2D eigenvalue weighted by Gasteiger charge is -1.97. The summed E-state index contributed by atoms with van der Waals surface area (Å²) in [5.41, 5.74) is 1.69. The number of fused-ring (bicyclic) bond motifs is 4. The van der Waals surface area contributed by atoms with Crippen LogP contribution in [-0.2, 0) is 0 Å². The highest BCUT2D eigenvalue weighted by Crippen LogP contribution is 2.30. The predicted octanol–water partition coefficient (Wildman–Crippen LogP) is 2.41. The first-order valence-electron chi connectivity index (χ1n) is 4.19. The fraction of sp³-hybridized carbons (Fsp3) is 0. The Bertz CT molecular complexity index is 516. The van der Waals surface area contributed by atoms with Crippen LogP contribution in [0, 0.1) is 0 Å². The fourth-order valence-corrected chi connectivity index (χ4v) is 1.74. The maximum Gasteiger partial charge on any atom is 0.255 e. The lowest BCUT2D eigenvalue weighted by Crippen LogP contribution is -2.02. The quantitative estimate of drug-likeness (QED) is 0.644. The van der Waals surface area contributed by atoms with E-state index >= 15 is 0 Å². The number of hydrogen-bond acceptors (Lipinski definition) is 1. The molecule has 1 N–H and O–H groups in total. The van der Waals surface area contributed by atoms with Crippen LogP contribution in [0.4, 0.5) is 5.69 Å². The summed E-state index contributed by atoms with van der Waals surface area (Å²) in [4.78, 5) is 11.3. The number of nitrogens with one attached hydrogen (secondary N) is 1. The molecule has 62 valence electrons. The molecule has 13 heavy (non-hydrogen) atoms. The second-order valence-electron chi connectivity index (χ2n) is 3.20. The maximum atomic E-state index is 11.3.